The highest BCUT2D eigenvalue weighted by atomic mass is 16.5. The number of amides is 1. The third-order valence-corrected chi connectivity index (χ3v) is 2.84. The molecule has 1 aliphatic carbocycles. The minimum Gasteiger partial charge on any atom is -0.469 e. The van der Waals surface area contributed by atoms with E-state index in [0.717, 1.165) is 19.3 Å². The number of ether oxygens (including phenoxy) is 1. The van der Waals surface area contributed by atoms with Gasteiger partial charge in [-0.2, -0.15) is 0 Å². The van der Waals surface area contributed by atoms with Gasteiger partial charge in [-0.3, -0.25) is 9.59 Å². The Morgan fingerprint density at radius 1 is 1.38 bits per heavy atom. The van der Waals surface area contributed by atoms with Crippen LogP contribution < -0.4 is 5.32 Å². The lowest BCUT2D eigenvalue weighted by molar-refractivity contribution is -0.140. The first-order valence-electron chi connectivity index (χ1n) is 5.67. The predicted octanol–water partition coefficient (Wildman–Crippen LogP) is 0.359. The van der Waals surface area contributed by atoms with Crippen molar-refractivity contribution < 1.29 is 19.4 Å². The average Bonchev–Trinajstić information content (AvgIpc) is 2.64. The van der Waals surface area contributed by atoms with E-state index in [4.69, 9.17) is 0 Å². The first-order chi connectivity index (χ1) is 7.63. The van der Waals surface area contributed by atoms with Crippen LogP contribution in [-0.2, 0) is 14.3 Å². The van der Waals surface area contributed by atoms with E-state index in [2.05, 4.69) is 10.1 Å². The van der Waals surface area contributed by atoms with Gasteiger partial charge >= 0.3 is 5.97 Å². The van der Waals surface area contributed by atoms with E-state index >= 15 is 0 Å². The Hall–Kier alpha value is -1.10. The van der Waals surface area contributed by atoms with Gasteiger partial charge in [-0.15, -0.1) is 0 Å². The molecule has 0 heterocycles. The van der Waals surface area contributed by atoms with Gasteiger partial charge in [-0.05, 0) is 25.7 Å². The molecular weight excluding hydrogens is 210 g/mol. The molecule has 0 bridgehead atoms. The molecule has 0 radical (unpaired) electrons. The van der Waals surface area contributed by atoms with Gasteiger partial charge in [0.25, 0.3) is 0 Å². The molecule has 16 heavy (non-hydrogen) atoms. The summed E-state index contributed by atoms with van der Waals surface area (Å²) < 4.78 is 4.47. The Kier molecular flexibility index (Phi) is 5.25. The summed E-state index contributed by atoms with van der Waals surface area (Å²) in [5.74, 6) is -0.399. The van der Waals surface area contributed by atoms with Gasteiger partial charge in [-0.1, -0.05) is 0 Å². The number of carbonyl (C=O) groups excluding carboxylic acids is 2. The number of nitrogens with one attached hydrogen (secondary N) is 1. The van der Waals surface area contributed by atoms with Crippen LogP contribution >= 0.6 is 0 Å². The second-order valence-corrected chi connectivity index (χ2v) is 4.10. The zero-order chi connectivity index (χ0) is 12.0. The summed E-state index contributed by atoms with van der Waals surface area (Å²) in [6, 6.07) is -0.106. The molecule has 0 unspecified atom stereocenters. The van der Waals surface area contributed by atoms with E-state index in [1.165, 1.54) is 7.11 Å². The lowest BCUT2D eigenvalue weighted by Gasteiger charge is -2.16. The van der Waals surface area contributed by atoms with Crippen LogP contribution in [0.1, 0.15) is 38.5 Å². The highest BCUT2D eigenvalue weighted by Gasteiger charge is 2.26. The second kappa shape index (κ2) is 6.48. The van der Waals surface area contributed by atoms with E-state index in [9.17, 15) is 14.7 Å². The van der Waals surface area contributed by atoms with Gasteiger partial charge in [-0.25, -0.2) is 0 Å². The fourth-order valence-electron chi connectivity index (χ4n) is 1.88. The third kappa shape index (κ3) is 4.18. The number of aliphatic hydroxyl groups is 1. The molecule has 0 aromatic rings. The van der Waals surface area contributed by atoms with Gasteiger partial charge in [0.1, 0.15) is 0 Å². The van der Waals surface area contributed by atoms with Crippen molar-refractivity contribution in [1.29, 1.82) is 0 Å². The summed E-state index contributed by atoms with van der Waals surface area (Å²) in [5, 5.41) is 12.3. The van der Waals surface area contributed by atoms with E-state index in [1.807, 2.05) is 0 Å². The molecule has 1 saturated carbocycles. The molecule has 0 aliphatic heterocycles. The van der Waals surface area contributed by atoms with Crippen molar-refractivity contribution >= 4 is 11.9 Å². The zero-order valence-corrected chi connectivity index (χ0v) is 9.57. The summed E-state index contributed by atoms with van der Waals surface area (Å²) in [5.41, 5.74) is 0. The van der Waals surface area contributed by atoms with Crippen LogP contribution in [0.5, 0.6) is 0 Å². The number of esters is 1. The van der Waals surface area contributed by atoms with Gasteiger partial charge in [0.05, 0.1) is 19.3 Å². The molecule has 0 aromatic heterocycles. The zero-order valence-electron chi connectivity index (χ0n) is 9.57. The van der Waals surface area contributed by atoms with E-state index in [-0.39, 0.29) is 24.3 Å². The second-order valence-electron chi connectivity index (χ2n) is 4.10. The number of hydrogen-bond acceptors (Lipinski definition) is 4. The molecule has 1 aliphatic rings. The van der Waals surface area contributed by atoms with Gasteiger partial charge in [0.15, 0.2) is 0 Å². The summed E-state index contributed by atoms with van der Waals surface area (Å²) in [4.78, 5) is 22.2. The molecule has 1 amide bonds. The van der Waals surface area contributed by atoms with Crippen LogP contribution in [0.2, 0.25) is 0 Å². The third-order valence-electron chi connectivity index (χ3n) is 2.84. The minimum absolute atomic E-state index is 0.102. The Morgan fingerprint density at radius 3 is 2.69 bits per heavy atom. The summed E-state index contributed by atoms with van der Waals surface area (Å²) in [6.07, 6.45) is 3.19. The van der Waals surface area contributed by atoms with Crippen molar-refractivity contribution in [2.24, 2.45) is 0 Å². The molecule has 5 heteroatoms. The van der Waals surface area contributed by atoms with Gasteiger partial charge in [0, 0.05) is 12.8 Å². The van der Waals surface area contributed by atoms with E-state index < -0.39 is 6.10 Å². The quantitative estimate of drug-likeness (QED) is 0.667. The first-order valence-corrected chi connectivity index (χ1v) is 5.67. The minimum atomic E-state index is -0.412. The maximum Gasteiger partial charge on any atom is 0.305 e. The maximum absolute atomic E-state index is 11.4. The highest BCUT2D eigenvalue weighted by molar-refractivity contribution is 5.77. The average molecular weight is 229 g/mol. The van der Waals surface area contributed by atoms with Crippen LogP contribution in [0.25, 0.3) is 0 Å². The van der Waals surface area contributed by atoms with Crippen LogP contribution in [0.3, 0.4) is 0 Å². The van der Waals surface area contributed by atoms with Gasteiger partial charge in [0.2, 0.25) is 5.91 Å². The van der Waals surface area contributed by atoms with Crippen LogP contribution in [0.15, 0.2) is 0 Å². The van der Waals surface area contributed by atoms with Crippen molar-refractivity contribution in [1.82, 2.24) is 5.32 Å². The fourth-order valence-corrected chi connectivity index (χ4v) is 1.88. The molecule has 0 aromatic carbocycles. The summed E-state index contributed by atoms with van der Waals surface area (Å²) >= 11 is 0. The Labute approximate surface area is 95.2 Å². The first kappa shape index (κ1) is 13.0. The monoisotopic (exact) mass is 229 g/mol. The predicted molar refractivity (Wildman–Crippen MR) is 57.7 cm³/mol. The lowest BCUT2D eigenvalue weighted by atomic mass is 10.2. The van der Waals surface area contributed by atoms with Crippen molar-refractivity contribution in [3.05, 3.63) is 0 Å². The molecule has 0 saturated heterocycles. The maximum atomic E-state index is 11.4. The Morgan fingerprint density at radius 2 is 2.12 bits per heavy atom. The highest BCUT2D eigenvalue weighted by Crippen LogP contribution is 2.18. The Balaban J connectivity index is 2.13. The summed E-state index contributed by atoms with van der Waals surface area (Å²) in [6.45, 7) is 0. The standard InChI is InChI=1S/C11H19NO4/c1-16-11(15)7-3-6-10(14)12-8-4-2-5-9(8)13/h8-9,13H,2-7H2,1H3,(H,12,14)/t8-,9-/m1/s1. The molecular formula is C11H19NO4. The van der Waals surface area contributed by atoms with Gasteiger partial charge < -0.3 is 15.2 Å². The molecule has 1 fully saturated rings. The molecule has 5 nitrogen and oxygen atoms in total. The smallest absolute Gasteiger partial charge is 0.305 e. The van der Waals surface area contributed by atoms with Crippen molar-refractivity contribution in [3.63, 3.8) is 0 Å². The SMILES string of the molecule is COC(=O)CCCC(=O)N[C@@H]1CCC[C@H]1O. The Bertz CT molecular complexity index is 254. The van der Waals surface area contributed by atoms with Crippen molar-refractivity contribution in [2.45, 2.75) is 50.7 Å². The van der Waals surface area contributed by atoms with E-state index in [0.29, 0.717) is 12.8 Å². The fraction of sp³-hybridized carbons (Fsp3) is 0.818. The lowest BCUT2D eigenvalue weighted by Crippen LogP contribution is -2.39. The van der Waals surface area contributed by atoms with E-state index in [1.54, 1.807) is 0 Å². The molecule has 2 atom stereocenters. The largest absolute Gasteiger partial charge is 0.469 e. The number of carbonyl (C=O) groups is 2. The number of hydrogen-bond donors (Lipinski definition) is 2. The number of methoxy groups -OCH3 is 1. The molecule has 92 valence electrons. The van der Waals surface area contributed by atoms with Crippen molar-refractivity contribution in [2.75, 3.05) is 7.11 Å². The molecule has 1 rings (SSSR count). The van der Waals surface area contributed by atoms with Crippen LogP contribution in [0.4, 0.5) is 0 Å². The number of rotatable bonds is 5. The van der Waals surface area contributed by atoms with Crippen LogP contribution in [0, 0.1) is 0 Å². The molecule has 0 spiro atoms. The molecule has 2 N–H and O–H groups in total. The summed E-state index contributed by atoms with van der Waals surface area (Å²) in [7, 11) is 1.33. The number of aliphatic hydroxyl groups excluding tert-OH is 1. The normalized spacial score (nSPS) is 24.1. The van der Waals surface area contributed by atoms with Crippen LogP contribution in [-0.4, -0.2) is 36.2 Å². The van der Waals surface area contributed by atoms with Crippen molar-refractivity contribution in [3.8, 4) is 0 Å². The topological polar surface area (TPSA) is 75.6 Å².